The third-order valence-electron chi connectivity index (χ3n) is 1.05. The maximum atomic E-state index is 10.7. The molecule has 0 unspecified atom stereocenters. The fourth-order valence-electron chi connectivity index (χ4n) is 0.580. The van der Waals surface area contributed by atoms with E-state index in [1.165, 1.54) is 13.2 Å². The molecule has 4 heteroatoms. The van der Waals surface area contributed by atoms with Crippen molar-refractivity contribution in [1.29, 1.82) is 0 Å². The van der Waals surface area contributed by atoms with Gasteiger partial charge in [0.05, 0.1) is 7.11 Å². The Bertz CT molecular complexity index is 224. The van der Waals surface area contributed by atoms with Crippen LogP contribution in [-0.4, -0.2) is 13.1 Å². The molecule has 1 aromatic carbocycles. The molecule has 0 atom stereocenters. The van der Waals surface area contributed by atoms with Crippen LogP contribution in [-0.2, 0) is 4.74 Å². The van der Waals surface area contributed by atoms with Gasteiger partial charge in [0.1, 0.15) is 0 Å². The normalized spacial score (nSPS) is 7.42. The van der Waals surface area contributed by atoms with Crippen LogP contribution in [0.4, 0.5) is 0 Å². The summed E-state index contributed by atoms with van der Waals surface area (Å²) in [5, 5.41) is 0. The summed E-state index contributed by atoms with van der Waals surface area (Å²) in [6.45, 7) is 0. The van der Waals surface area contributed by atoms with E-state index in [1.807, 2.05) is 0 Å². The Balaban J connectivity index is 0. The molecular weight excluding hydrogens is 206 g/mol. The summed E-state index contributed by atoms with van der Waals surface area (Å²) in [6.07, 6.45) is 0. The molecule has 0 heterocycles. The molecule has 0 aromatic heterocycles. The zero-order chi connectivity index (χ0) is 7.40. The van der Waals surface area contributed by atoms with Crippen LogP contribution in [0.1, 0.15) is 10.4 Å². The van der Waals surface area contributed by atoms with E-state index >= 15 is 0 Å². The van der Waals surface area contributed by atoms with Gasteiger partial charge in [0, 0.05) is 0 Å². The number of ether oxygens (including phenoxy) is 1. The van der Waals surface area contributed by atoms with E-state index in [0.29, 0.717) is 5.56 Å². The minimum Gasteiger partial charge on any atom is -0.517 e. The van der Waals surface area contributed by atoms with Gasteiger partial charge in [0.25, 0.3) is 0 Å². The van der Waals surface area contributed by atoms with Crippen LogP contribution in [0, 0.1) is 12.1 Å². The molecule has 0 aliphatic rings. The molecule has 0 bridgehead atoms. The van der Waals surface area contributed by atoms with E-state index in [1.54, 1.807) is 12.1 Å². The standard InChI is InChI=1S/C8H6O2.2K/c1-10-8(9)7-5-3-2-4-6-7;;/h2-3,6H,1H3;;/q-2;2*+1. The van der Waals surface area contributed by atoms with E-state index in [-0.39, 0.29) is 109 Å². The van der Waals surface area contributed by atoms with E-state index in [9.17, 15) is 4.79 Å². The number of rotatable bonds is 1. The van der Waals surface area contributed by atoms with Crippen molar-refractivity contribution in [2.75, 3.05) is 7.11 Å². The van der Waals surface area contributed by atoms with Crippen molar-refractivity contribution >= 4 is 5.97 Å². The average molecular weight is 212 g/mol. The summed E-state index contributed by atoms with van der Waals surface area (Å²) in [4.78, 5) is 10.7. The topological polar surface area (TPSA) is 26.3 Å². The van der Waals surface area contributed by atoms with Gasteiger partial charge in [-0.25, -0.2) is 0 Å². The maximum Gasteiger partial charge on any atom is 1.00 e. The zero-order valence-electron chi connectivity index (χ0n) is 7.55. The minimum absolute atomic E-state index is 0. The minimum atomic E-state index is -0.378. The number of benzene rings is 1. The van der Waals surface area contributed by atoms with Crippen molar-refractivity contribution in [2.45, 2.75) is 0 Å². The number of carbonyl (C=O) groups excluding carboxylic acids is 1. The Hall–Kier alpha value is 1.96. The van der Waals surface area contributed by atoms with Crippen LogP contribution >= 0.6 is 0 Å². The molecule has 0 radical (unpaired) electrons. The average Bonchev–Trinajstić information content (AvgIpc) is 2.05. The van der Waals surface area contributed by atoms with Crippen LogP contribution in [0.3, 0.4) is 0 Å². The van der Waals surface area contributed by atoms with E-state index in [0.717, 1.165) is 0 Å². The number of carbonyl (C=O) groups is 1. The summed E-state index contributed by atoms with van der Waals surface area (Å²) in [7, 11) is 1.34. The first-order chi connectivity index (χ1) is 4.84. The fraction of sp³-hybridized carbons (Fsp3) is 0.125. The van der Waals surface area contributed by atoms with Gasteiger partial charge in [-0.15, -0.1) is 0 Å². The van der Waals surface area contributed by atoms with Gasteiger partial charge in [-0.1, -0.05) is 0 Å². The molecule has 0 N–H and O–H groups in total. The second kappa shape index (κ2) is 9.52. The van der Waals surface area contributed by atoms with Gasteiger partial charge < -0.3 is 9.53 Å². The molecule has 2 nitrogen and oxygen atoms in total. The number of hydrogen-bond acceptors (Lipinski definition) is 2. The van der Waals surface area contributed by atoms with Gasteiger partial charge in [-0.3, -0.25) is 30.3 Å². The van der Waals surface area contributed by atoms with Gasteiger partial charge in [-0.05, 0) is 0 Å². The molecule has 0 saturated carbocycles. The summed E-state index contributed by atoms with van der Waals surface area (Å²) >= 11 is 0. The number of esters is 1. The Labute approximate surface area is 157 Å². The number of methoxy groups -OCH3 is 1. The molecule has 0 fully saturated rings. The summed E-state index contributed by atoms with van der Waals surface area (Å²) in [6, 6.07) is 10.3. The number of hydrogen-bond donors (Lipinski definition) is 0. The third kappa shape index (κ3) is 5.64. The molecular formula is C8H6K2O2. The first kappa shape index (κ1) is 16.4. The molecule has 0 saturated heterocycles. The van der Waals surface area contributed by atoms with Crippen LogP contribution in [0.15, 0.2) is 18.2 Å². The summed E-state index contributed by atoms with van der Waals surface area (Å²) in [5.74, 6) is -0.378. The quantitative estimate of drug-likeness (QED) is 0.265. The first-order valence-electron chi connectivity index (χ1n) is 2.80. The van der Waals surface area contributed by atoms with Crippen molar-refractivity contribution < 1.29 is 112 Å². The van der Waals surface area contributed by atoms with Crippen LogP contribution in [0.25, 0.3) is 0 Å². The Morgan fingerprint density at radius 2 is 2.08 bits per heavy atom. The van der Waals surface area contributed by atoms with Crippen molar-refractivity contribution in [3.8, 4) is 0 Å². The fourth-order valence-corrected chi connectivity index (χ4v) is 0.580. The molecule has 0 aliphatic heterocycles. The Morgan fingerprint density at radius 1 is 1.42 bits per heavy atom. The molecule has 12 heavy (non-hydrogen) atoms. The summed E-state index contributed by atoms with van der Waals surface area (Å²) < 4.78 is 4.45. The predicted molar refractivity (Wildman–Crippen MR) is 35.5 cm³/mol. The predicted octanol–water partition coefficient (Wildman–Crippen LogP) is -4.92. The van der Waals surface area contributed by atoms with Gasteiger partial charge in [0.15, 0.2) is 5.97 Å². The van der Waals surface area contributed by atoms with Gasteiger partial charge >= 0.3 is 103 Å². The maximum absolute atomic E-state index is 10.7. The van der Waals surface area contributed by atoms with Gasteiger partial charge in [-0.2, -0.15) is 5.56 Å². The molecule has 1 rings (SSSR count). The second-order valence-corrected chi connectivity index (χ2v) is 1.69. The monoisotopic (exact) mass is 212 g/mol. The first-order valence-corrected chi connectivity index (χ1v) is 2.80. The smallest absolute Gasteiger partial charge is 0.517 e. The van der Waals surface area contributed by atoms with Gasteiger partial charge in [0.2, 0.25) is 0 Å². The second-order valence-electron chi connectivity index (χ2n) is 1.69. The largest absolute Gasteiger partial charge is 1.00 e. The SMILES string of the molecule is COC(=O)c1[c-]cc[c-]c1.[K+].[K+]. The molecule has 0 spiro atoms. The third-order valence-corrected chi connectivity index (χ3v) is 1.05. The van der Waals surface area contributed by atoms with Crippen LogP contribution in [0.5, 0.6) is 0 Å². The van der Waals surface area contributed by atoms with Crippen LogP contribution < -0.4 is 103 Å². The van der Waals surface area contributed by atoms with Crippen molar-refractivity contribution in [3.05, 3.63) is 35.9 Å². The molecule has 0 aliphatic carbocycles. The molecule has 0 amide bonds. The molecule has 1 aromatic rings. The van der Waals surface area contributed by atoms with Crippen molar-refractivity contribution in [2.24, 2.45) is 0 Å². The Kier molecular flexibility index (Phi) is 13.0. The van der Waals surface area contributed by atoms with Crippen molar-refractivity contribution in [1.82, 2.24) is 0 Å². The van der Waals surface area contributed by atoms with E-state index < -0.39 is 0 Å². The van der Waals surface area contributed by atoms with E-state index in [4.69, 9.17) is 0 Å². The van der Waals surface area contributed by atoms with Crippen LogP contribution in [0.2, 0.25) is 0 Å². The Morgan fingerprint density at radius 3 is 2.50 bits per heavy atom. The van der Waals surface area contributed by atoms with Crippen molar-refractivity contribution in [3.63, 3.8) is 0 Å². The summed E-state index contributed by atoms with van der Waals surface area (Å²) in [5.41, 5.74) is 0.407. The molecule has 52 valence electrons. The van der Waals surface area contributed by atoms with E-state index in [2.05, 4.69) is 16.9 Å². The zero-order valence-corrected chi connectivity index (χ0v) is 13.8.